The number of aryl methyl sites for hydroxylation is 1. The first-order chi connectivity index (χ1) is 9.99. The molecule has 2 aromatic rings. The Morgan fingerprint density at radius 1 is 1.24 bits per heavy atom. The normalized spacial score (nSPS) is 10.7. The average molecular weight is 286 g/mol. The highest BCUT2D eigenvalue weighted by Crippen LogP contribution is 2.21. The number of aromatic nitrogens is 1. The highest BCUT2D eigenvalue weighted by atomic mass is 16.4. The molecule has 1 heterocycles. The molecule has 0 aliphatic heterocycles. The van der Waals surface area contributed by atoms with Crippen molar-refractivity contribution in [3.8, 4) is 11.5 Å². The lowest BCUT2D eigenvalue weighted by atomic mass is 10.1. The molecule has 1 N–H and O–H groups in total. The van der Waals surface area contributed by atoms with Crippen molar-refractivity contribution in [2.45, 2.75) is 20.8 Å². The van der Waals surface area contributed by atoms with Crippen molar-refractivity contribution < 1.29 is 14.0 Å². The zero-order valence-electron chi connectivity index (χ0n) is 12.3. The molecule has 110 valence electrons. The first-order valence-corrected chi connectivity index (χ1v) is 6.82. The van der Waals surface area contributed by atoms with Gasteiger partial charge in [0, 0.05) is 11.5 Å². The van der Waals surface area contributed by atoms with Crippen molar-refractivity contribution in [3.63, 3.8) is 0 Å². The molecule has 21 heavy (non-hydrogen) atoms. The summed E-state index contributed by atoms with van der Waals surface area (Å²) >= 11 is 0. The molecule has 5 heteroatoms. The third-order valence-electron chi connectivity index (χ3n) is 3.09. The van der Waals surface area contributed by atoms with Crippen LogP contribution in [0.25, 0.3) is 11.5 Å². The fourth-order valence-electron chi connectivity index (χ4n) is 1.76. The summed E-state index contributed by atoms with van der Waals surface area (Å²) in [5, 5.41) is 2.56. The number of Topliss-reactive ketones (excluding diaryl/α,β-unsaturated/α-hetero) is 1. The van der Waals surface area contributed by atoms with Crippen molar-refractivity contribution in [1.82, 2.24) is 10.3 Å². The van der Waals surface area contributed by atoms with E-state index in [0.717, 1.165) is 5.56 Å². The van der Waals surface area contributed by atoms with Gasteiger partial charge in [-0.3, -0.25) is 9.59 Å². The molecule has 1 aromatic heterocycles. The summed E-state index contributed by atoms with van der Waals surface area (Å²) in [5.41, 5.74) is 1.31. The average Bonchev–Trinajstić information content (AvgIpc) is 2.87. The Balaban J connectivity index is 2.12. The molecule has 0 fully saturated rings. The number of ketones is 1. The second kappa shape index (κ2) is 6.35. The van der Waals surface area contributed by atoms with Crippen molar-refractivity contribution in [2.75, 3.05) is 6.54 Å². The van der Waals surface area contributed by atoms with Crippen LogP contribution in [0, 0.1) is 12.8 Å². The molecule has 0 unspecified atom stereocenters. The van der Waals surface area contributed by atoms with Crippen LogP contribution in [0.1, 0.15) is 30.1 Å². The molecule has 2 rings (SSSR count). The van der Waals surface area contributed by atoms with Crippen LogP contribution in [0.5, 0.6) is 0 Å². The molecular formula is C16H18N2O3. The topological polar surface area (TPSA) is 72.2 Å². The van der Waals surface area contributed by atoms with Gasteiger partial charge in [0.15, 0.2) is 5.78 Å². The van der Waals surface area contributed by atoms with Crippen LogP contribution in [-0.4, -0.2) is 23.2 Å². The van der Waals surface area contributed by atoms with Gasteiger partial charge >= 0.3 is 0 Å². The maximum Gasteiger partial charge on any atom is 0.289 e. The van der Waals surface area contributed by atoms with Crippen LogP contribution >= 0.6 is 0 Å². The molecule has 0 aliphatic rings. The monoisotopic (exact) mass is 286 g/mol. The first kappa shape index (κ1) is 15.0. The Kier molecular flexibility index (Phi) is 4.52. The summed E-state index contributed by atoms with van der Waals surface area (Å²) in [6, 6.07) is 9.35. The number of carbonyl (C=O) groups is 2. The Bertz CT molecular complexity index is 645. The predicted molar refractivity (Wildman–Crippen MR) is 78.9 cm³/mol. The van der Waals surface area contributed by atoms with E-state index in [4.69, 9.17) is 4.42 Å². The van der Waals surface area contributed by atoms with Crippen molar-refractivity contribution in [1.29, 1.82) is 0 Å². The molecule has 0 saturated carbocycles. The molecule has 5 nitrogen and oxygen atoms in total. The van der Waals surface area contributed by atoms with Crippen molar-refractivity contribution in [3.05, 3.63) is 41.8 Å². The fourth-order valence-corrected chi connectivity index (χ4v) is 1.76. The lowest BCUT2D eigenvalue weighted by Gasteiger charge is -2.05. The summed E-state index contributed by atoms with van der Waals surface area (Å²) in [6.45, 7) is 5.29. The Morgan fingerprint density at radius 3 is 2.52 bits per heavy atom. The van der Waals surface area contributed by atoms with Gasteiger partial charge in [-0.2, -0.15) is 0 Å². The molecule has 1 amide bonds. The maximum atomic E-state index is 12.0. The first-order valence-electron chi connectivity index (χ1n) is 6.82. The molecule has 0 atom stereocenters. The van der Waals surface area contributed by atoms with E-state index in [0.29, 0.717) is 11.6 Å². The quantitative estimate of drug-likeness (QED) is 0.917. The fraction of sp³-hybridized carbons (Fsp3) is 0.312. The van der Waals surface area contributed by atoms with E-state index < -0.39 is 5.91 Å². The lowest BCUT2D eigenvalue weighted by Crippen LogP contribution is -2.31. The number of rotatable bonds is 5. The van der Waals surface area contributed by atoms with Gasteiger partial charge in [0.1, 0.15) is 0 Å². The van der Waals surface area contributed by atoms with Crippen LogP contribution in [0.3, 0.4) is 0 Å². The Labute approximate surface area is 123 Å². The largest absolute Gasteiger partial charge is 0.431 e. The van der Waals surface area contributed by atoms with E-state index in [1.54, 1.807) is 20.8 Å². The van der Waals surface area contributed by atoms with Crippen LogP contribution in [-0.2, 0) is 4.79 Å². The number of hydrogen-bond acceptors (Lipinski definition) is 4. The van der Waals surface area contributed by atoms with E-state index in [-0.39, 0.29) is 24.0 Å². The van der Waals surface area contributed by atoms with Crippen molar-refractivity contribution in [2.24, 2.45) is 5.92 Å². The zero-order chi connectivity index (χ0) is 15.4. The predicted octanol–water partition coefficient (Wildman–Crippen LogP) is 2.60. The molecule has 1 aromatic carbocycles. The van der Waals surface area contributed by atoms with Gasteiger partial charge in [0.05, 0.1) is 12.2 Å². The van der Waals surface area contributed by atoms with Crippen LogP contribution in [0.15, 0.2) is 34.7 Å². The van der Waals surface area contributed by atoms with Gasteiger partial charge in [-0.05, 0) is 19.1 Å². The summed E-state index contributed by atoms with van der Waals surface area (Å²) in [5.74, 6) is -0.0140. The van der Waals surface area contributed by atoms with Gasteiger partial charge in [0.25, 0.3) is 5.91 Å². The third kappa shape index (κ3) is 3.56. The third-order valence-corrected chi connectivity index (χ3v) is 3.09. The van der Waals surface area contributed by atoms with E-state index in [2.05, 4.69) is 10.3 Å². The van der Waals surface area contributed by atoms with Gasteiger partial charge in [0.2, 0.25) is 11.7 Å². The second-order valence-electron chi connectivity index (χ2n) is 5.10. The van der Waals surface area contributed by atoms with Gasteiger partial charge < -0.3 is 9.73 Å². The number of carbonyl (C=O) groups excluding carboxylic acids is 2. The zero-order valence-corrected chi connectivity index (χ0v) is 12.3. The summed E-state index contributed by atoms with van der Waals surface area (Å²) in [6.07, 6.45) is 0. The number of oxazole rings is 1. The molecule has 0 radical (unpaired) electrons. The maximum absolute atomic E-state index is 12.0. The summed E-state index contributed by atoms with van der Waals surface area (Å²) in [7, 11) is 0. The minimum Gasteiger partial charge on any atom is -0.431 e. The van der Waals surface area contributed by atoms with E-state index in [1.165, 1.54) is 0 Å². The minimum absolute atomic E-state index is 0.00267. The number of nitrogens with one attached hydrogen (secondary N) is 1. The lowest BCUT2D eigenvalue weighted by molar-refractivity contribution is -0.120. The molecule has 0 spiro atoms. The second-order valence-corrected chi connectivity index (χ2v) is 5.10. The molecule has 0 saturated heterocycles. The van der Waals surface area contributed by atoms with E-state index in [1.807, 2.05) is 30.3 Å². The van der Waals surface area contributed by atoms with Crippen molar-refractivity contribution >= 4 is 11.7 Å². The van der Waals surface area contributed by atoms with E-state index >= 15 is 0 Å². The minimum atomic E-state index is -0.420. The number of benzene rings is 1. The van der Waals surface area contributed by atoms with E-state index in [9.17, 15) is 9.59 Å². The Morgan fingerprint density at radius 2 is 1.90 bits per heavy atom. The summed E-state index contributed by atoms with van der Waals surface area (Å²) in [4.78, 5) is 27.8. The molecule has 0 bridgehead atoms. The van der Waals surface area contributed by atoms with Crippen LogP contribution in [0.2, 0.25) is 0 Å². The van der Waals surface area contributed by atoms with Gasteiger partial charge in [-0.25, -0.2) is 4.98 Å². The Hall–Kier alpha value is -2.43. The highest BCUT2D eigenvalue weighted by molar-refractivity contribution is 5.95. The van der Waals surface area contributed by atoms with Crippen LogP contribution < -0.4 is 5.32 Å². The van der Waals surface area contributed by atoms with Gasteiger partial charge in [-0.15, -0.1) is 0 Å². The molecular weight excluding hydrogens is 268 g/mol. The SMILES string of the molecule is Cc1nc(-c2ccccc2)oc1C(=O)NCC(=O)C(C)C. The number of nitrogens with zero attached hydrogens (tertiary/aromatic N) is 1. The highest BCUT2D eigenvalue weighted by Gasteiger charge is 2.19. The standard InChI is InChI=1S/C16H18N2O3/c1-10(2)13(19)9-17-15(20)14-11(3)18-16(21-14)12-7-5-4-6-8-12/h4-8,10H,9H2,1-3H3,(H,17,20). The number of amides is 1. The molecule has 0 aliphatic carbocycles. The summed E-state index contributed by atoms with van der Waals surface area (Å²) < 4.78 is 5.52. The number of hydrogen-bond donors (Lipinski definition) is 1. The smallest absolute Gasteiger partial charge is 0.289 e. The van der Waals surface area contributed by atoms with Gasteiger partial charge in [-0.1, -0.05) is 32.0 Å². The van der Waals surface area contributed by atoms with Crippen LogP contribution in [0.4, 0.5) is 0 Å².